The Morgan fingerprint density at radius 1 is 1.17 bits per heavy atom. The Morgan fingerprint density at radius 2 is 1.91 bits per heavy atom. The van der Waals surface area contributed by atoms with Crippen molar-refractivity contribution in [2.75, 3.05) is 13.3 Å². The van der Waals surface area contributed by atoms with Crippen LogP contribution in [0.4, 0.5) is 4.79 Å². The van der Waals surface area contributed by atoms with Gasteiger partial charge in [-0.1, -0.05) is 12.8 Å². The molecular weight excluding hydrogens is 300 g/mol. The van der Waals surface area contributed by atoms with Crippen molar-refractivity contribution in [3.8, 4) is 11.5 Å². The normalized spacial score (nSPS) is 21.1. The number of ketones is 1. The van der Waals surface area contributed by atoms with Gasteiger partial charge in [-0.25, -0.2) is 4.79 Å². The highest BCUT2D eigenvalue weighted by atomic mass is 16.7. The Bertz CT molecular complexity index is 708. The van der Waals surface area contributed by atoms with Gasteiger partial charge in [0.2, 0.25) is 6.79 Å². The van der Waals surface area contributed by atoms with Gasteiger partial charge in [0.15, 0.2) is 17.3 Å². The summed E-state index contributed by atoms with van der Waals surface area (Å²) in [5.41, 5.74) is -0.395. The number of nitrogens with zero attached hydrogens (tertiary/aromatic N) is 1. The Morgan fingerprint density at radius 3 is 2.70 bits per heavy atom. The minimum absolute atomic E-state index is 0.127. The standard InChI is InChI=1S/C16H16N2O5/c19-11(10-3-4-12-13(7-10)23-9-22-12)8-18-14(20)16(17-15(18)21)5-1-2-6-16/h3-4,7H,1-2,5-6,8-9H2,(H,17,21). The van der Waals surface area contributed by atoms with Crippen LogP contribution < -0.4 is 14.8 Å². The molecule has 2 heterocycles. The fraction of sp³-hybridized carbons (Fsp3) is 0.438. The molecule has 23 heavy (non-hydrogen) atoms. The third-order valence-corrected chi connectivity index (χ3v) is 4.70. The zero-order valence-corrected chi connectivity index (χ0v) is 12.5. The summed E-state index contributed by atoms with van der Waals surface area (Å²) in [7, 11) is 0. The van der Waals surface area contributed by atoms with E-state index in [2.05, 4.69) is 5.32 Å². The van der Waals surface area contributed by atoms with Crippen LogP contribution in [-0.4, -0.2) is 41.5 Å². The minimum Gasteiger partial charge on any atom is -0.454 e. The quantitative estimate of drug-likeness (QED) is 0.674. The zero-order chi connectivity index (χ0) is 16.0. The topological polar surface area (TPSA) is 84.9 Å². The summed E-state index contributed by atoms with van der Waals surface area (Å²) < 4.78 is 10.4. The summed E-state index contributed by atoms with van der Waals surface area (Å²) in [5.74, 6) is 0.498. The highest BCUT2D eigenvalue weighted by molar-refractivity contribution is 6.11. The largest absolute Gasteiger partial charge is 0.454 e. The molecule has 1 saturated heterocycles. The van der Waals surface area contributed by atoms with Crippen LogP contribution >= 0.6 is 0 Å². The van der Waals surface area contributed by atoms with Crippen LogP contribution in [0.25, 0.3) is 0 Å². The van der Waals surface area contributed by atoms with E-state index in [1.54, 1.807) is 18.2 Å². The number of urea groups is 1. The number of nitrogens with one attached hydrogen (secondary N) is 1. The number of amides is 3. The lowest BCUT2D eigenvalue weighted by Gasteiger charge is -2.19. The molecule has 3 amide bonds. The SMILES string of the molecule is O=C(CN1C(=O)NC2(CCCC2)C1=O)c1ccc2c(c1)OCO2. The molecule has 1 aliphatic carbocycles. The smallest absolute Gasteiger partial charge is 0.325 e. The van der Waals surface area contributed by atoms with Crippen molar-refractivity contribution >= 4 is 17.7 Å². The highest BCUT2D eigenvalue weighted by Crippen LogP contribution is 2.35. The Balaban J connectivity index is 1.52. The van der Waals surface area contributed by atoms with Crippen LogP contribution in [-0.2, 0) is 4.79 Å². The molecule has 4 rings (SSSR count). The molecule has 2 aliphatic heterocycles. The molecule has 120 valence electrons. The van der Waals surface area contributed by atoms with Crippen molar-refractivity contribution < 1.29 is 23.9 Å². The summed E-state index contributed by atoms with van der Waals surface area (Å²) in [6.45, 7) is -0.130. The van der Waals surface area contributed by atoms with E-state index >= 15 is 0 Å². The van der Waals surface area contributed by atoms with E-state index in [4.69, 9.17) is 9.47 Å². The highest BCUT2D eigenvalue weighted by Gasteiger charge is 2.52. The van der Waals surface area contributed by atoms with E-state index in [-0.39, 0.29) is 25.0 Å². The van der Waals surface area contributed by atoms with Gasteiger partial charge in [-0.15, -0.1) is 0 Å². The average Bonchev–Trinajstić information content (AvgIpc) is 3.24. The maximum absolute atomic E-state index is 12.5. The monoisotopic (exact) mass is 316 g/mol. The fourth-order valence-electron chi connectivity index (χ4n) is 3.44. The third kappa shape index (κ3) is 2.15. The molecule has 0 aromatic heterocycles. The maximum atomic E-state index is 12.5. The van der Waals surface area contributed by atoms with Crippen molar-refractivity contribution in [1.29, 1.82) is 0 Å². The molecule has 1 aromatic carbocycles. The molecule has 0 radical (unpaired) electrons. The first kappa shape index (κ1) is 14.0. The molecule has 1 aromatic rings. The minimum atomic E-state index is -0.785. The Kier molecular flexibility index (Phi) is 3.04. The first-order valence-corrected chi connectivity index (χ1v) is 7.66. The number of carbonyl (C=O) groups excluding carboxylic acids is 3. The number of carbonyl (C=O) groups is 3. The lowest BCUT2D eigenvalue weighted by Crippen LogP contribution is -2.44. The molecule has 3 aliphatic rings. The van der Waals surface area contributed by atoms with Crippen LogP contribution in [0.15, 0.2) is 18.2 Å². The van der Waals surface area contributed by atoms with Crippen molar-refractivity contribution in [3.05, 3.63) is 23.8 Å². The van der Waals surface area contributed by atoms with Gasteiger partial charge in [0, 0.05) is 5.56 Å². The van der Waals surface area contributed by atoms with E-state index in [1.807, 2.05) is 0 Å². The van der Waals surface area contributed by atoms with Crippen molar-refractivity contribution in [2.24, 2.45) is 0 Å². The summed E-state index contributed by atoms with van der Waals surface area (Å²) >= 11 is 0. The van der Waals surface area contributed by atoms with Crippen LogP contribution in [0.2, 0.25) is 0 Å². The van der Waals surface area contributed by atoms with Gasteiger partial charge in [0.1, 0.15) is 5.54 Å². The van der Waals surface area contributed by atoms with Crippen LogP contribution in [0.3, 0.4) is 0 Å². The molecule has 7 nitrogen and oxygen atoms in total. The molecule has 1 spiro atoms. The molecule has 0 unspecified atom stereocenters. The predicted molar refractivity (Wildman–Crippen MR) is 78.3 cm³/mol. The summed E-state index contributed by atoms with van der Waals surface area (Å²) in [6, 6.07) is 4.36. The van der Waals surface area contributed by atoms with Crippen molar-refractivity contribution in [1.82, 2.24) is 10.2 Å². The summed E-state index contributed by atoms with van der Waals surface area (Å²) in [5, 5.41) is 2.77. The van der Waals surface area contributed by atoms with E-state index in [0.717, 1.165) is 17.7 Å². The van der Waals surface area contributed by atoms with Gasteiger partial charge in [0.25, 0.3) is 5.91 Å². The van der Waals surface area contributed by atoms with Crippen molar-refractivity contribution in [2.45, 2.75) is 31.2 Å². The molecule has 0 atom stereocenters. The van der Waals surface area contributed by atoms with Gasteiger partial charge in [0.05, 0.1) is 6.54 Å². The Hall–Kier alpha value is -2.57. The number of rotatable bonds is 3. The van der Waals surface area contributed by atoms with E-state index in [0.29, 0.717) is 29.9 Å². The average molecular weight is 316 g/mol. The number of imide groups is 1. The van der Waals surface area contributed by atoms with Crippen molar-refractivity contribution in [3.63, 3.8) is 0 Å². The number of ether oxygens (including phenoxy) is 2. The number of benzene rings is 1. The van der Waals surface area contributed by atoms with Gasteiger partial charge in [-0.05, 0) is 31.0 Å². The first-order chi connectivity index (χ1) is 11.1. The van der Waals surface area contributed by atoms with Gasteiger partial charge in [-0.2, -0.15) is 0 Å². The maximum Gasteiger partial charge on any atom is 0.325 e. The van der Waals surface area contributed by atoms with Crippen LogP contribution in [0.1, 0.15) is 36.0 Å². The van der Waals surface area contributed by atoms with E-state index in [1.165, 1.54) is 0 Å². The van der Waals surface area contributed by atoms with Gasteiger partial charge < -0.3 is 14.8 Å². The lowest BCUT2D eigenvalue weighted by molar-refractivity contribution is -0.130. The van der Waals surface area contributed by atoms with E-state index < -0.39 is 11.6 Å². The summed E-state index contributed by atoms with van der Waals surface area (Å²) in [4.78, 5) is 38.1. The second-order valence-electron chi connectivity index (χ2n) is 6.10. The molecule has 1 saturated carbocycles. The fourth-order valence-corrected chi connectivity index (χ4v) is 3.44. The molecular formula is C16H16N2O5. The predicted octanol–water partition coefficient (Wildman–Crippen LogP) is 1.46. The second-order valence-corrected chi connectivity index (χ2v) is 6.10. The van der Waals surface area contributed by atoms with Crippen LogP contribution in [0.5, 0.6) is 11.5 Å². The Labute approximate surface area is 132 Å². The summed E-state index contributed by atoms with van der Waals surface area (Å²) in [6.07, 6.45) is 3.12. The van der Waals surface area contributed by atoms with Gasteiger partial charge in [-0.3, -0.25) is 14.5 Å². The number of hydrogen-bond donors (Lipinski definition) is 1. The molecule has 2 fully saturated rings. The molecule has 7 heteroatoms. The van der Waals surface area contributed by atoms with Gasteiger partial charge >= 0.3 is 6.03 Å². The number of fused-ring (bicyclic) bond motifs is 1. The number of hydrogen-bond acceptors (Lipinski definition) is 5. The zero-order valence-electron chi connectivity index (χ0n) is 12.5. The molecule has 1 N–H and O–H groups in total. The van der Waals surface area contributed by atoms with E-state index in [9.17, 15) is 14.4 Å². The van der Waals surface area contributed by atoms with Crippen LogP contribution in [0, 0.1) is 0 Å². The lowest BCUT2D eigenvalue weighted by atomic mass is 9.98. The second kappa shape index (κ2) is 4.97. The molecule has 0 bridgehead atoms. The number of Topliss-reactive ketones (excluding diaryl/α,β-unsaturated/α-hetero) is 1. The third-order valence-electron chi connectivity index (χ3n) is 4.70. The first-order valence-electron chi connectivity index (χ1n) is 7.66.